The molecule has 0 radical (unpaired) electrons. The van der Waals surface area contributed by atoms with Gasteiger partial charge in [0, 0.05) is 31.4 Å². The number of hydrogen-bond donors (Lipinski definition) is 0. The van der Waals surface area contributed by atoms with Gasteiger partial charge < -0.3 is 14.4 Å². The van der Waals surface area contributed by atoms with E-state index in [9.17, 15) is 18.0 Å². The highest BCUT2D eigenvalue weighted by atomic mass is 19.2. The minimum atomic E-state index is -1.38. The largest absolute Gasteiger partial charge is 0.470 e. The summed E-state index contributed by atoms with van der Waals surface area (Å²) < 4.78 is 60.9. The van der Waals surface area contributed by atoms with Crippen molar-refractivity contribution in [2.45, 2.75) is 19.2 Å². The molecule has 2 aliphatic heterocycles. The van der Waals surface area contributed by atoms with E-state index in [-0.39, 0.29) is 32.1 Å². The van der Waals surface area contributed by atoms with Crippen LogP contribution in [0.15, 0.2) is 23.1 Å². The summed E-state index contributed by atoms with van der Waals surface area (Å²) in [5.41, 5.74) is 0.413. The van der Waals surface area contributed by atoms with Gasteiger partial charge in [-0.1, -0.05) is 5.16 Å². The average Bonchev–Trinajstić information content (AvgIpc) is 3.48. The Bertz CT molecular complexity index is 1130. The van der Waals surface area contributed by atoms with Crippen LogP contribution >= 0.6 is 0 Å². The molecule has 2 aliphatic rings. The van der Waals surface area contributed by atoms with Gasteiger partial charge in [-0.2, -0.15) is 5.10 Å². The molecule has 0 N–H and O–H groups in total. The number of aryl methyl sites for hydroxylation is 1. The first-order valence-electron chi connectivity index (χ1n) is 9.23. The van der Waals surface area contributed by atoms with Crippen LogP contribution in [0.2, 0.25) is 0 Å². The van der Waals surface area contributed by atoms with E-state index in [2.05, 4.69) is 20.0 Å². The molecular formula is C18H15F3N6O4. The minimum Gasteiger partial charge on any atom is -0.470 e. The number of nitrogens with zero attached hydrogens (tertiary/aromatic N) is 6. The van der Waals surface area contributed by atoms with Crippen LogP contribution in [0.25, 0.3) is 0 Å². The monoisotopic (exact) mass is 436 g/mol. The van der Waals surface area contributed by atoms with Crippen LogP contribution in [0.3, 0.4) is 0 Å². The molecule has 0 spiro atoms. The Balaban J connectivity index is 1.35. The van der Waals surface area contributed by atoms with Crippen LogP contribution in [0.4, 0.5) is 29.3 Å². The van der Waals surface area contributed by atoms with Gasteiger partial charge in [-0.15, -0.1) is 0 Å². The topological polar surface area (TPSA) is 98.8 Å². The number of ether oxygens (including phenoxy) is 2. The maximum Gasteiger partial charge on any atom is 0.414 e. The van der Waals surface area contributed by atoms with Crippen molar-refractivity contribution in [3.05, 3.63) is 47.2 Å². The van der Waals surface area contributed by atoms with E-state index >= 15 is 0 Å². The van der Waals surface area contributed by atoms with Crippen molar-refractivity contribution in [1.29, 1.82) is 0 Å². The molecule has 1 saturated heterocycles. The number of rotatable bonds is 5. The van der Waals surface area contributed by atoms with Gasteiger partial charge in [-0.05, 0) is 5.16 Å². The number of hydrogen-bond acceptors (Lipinski definition) is 8. The summed E-state index contributed by atoms with van der Waals surface area (Å²) in [6.07, 6.45) is 1.20. The number of benzene rings is 1. The number of fused-ring (bicyclic) bond motifs is 1. The molecule has 0 saturated carbocycles. The highest BCUT2D eigenvalue weighted by molar-refractivity contribution is 5.90. The summed E-state index contributed by atoms with van der Waals surface area (Å²) in [5, 5.41) is 11.0. The zero-order valence-electron chi connectivity index (χ0n) is 16.1. The molecule has 0 bridgehead atoms. The van der Waals surface area contributed by atoms with Gasteiger partial charge in [-0.3, -0.25) is 9.58 Å². The molecule has 1 atom stereocenters. The van der Waals surface area contributed by atoms with Gasteiger partial charge in [0.25, 0.3) is 5.88 Å². The molecule has 0 aliphatic carbocycles. The molecule has 0 unspecified atom stereocenters. The lowest BCUT2D eigenvalue weighted by Crippen LogP contribution is -2.28. The lowest BCUT2D eigenvalue weighted by Gasteiger charge is -2.22. The number of carbonyl (C=O) groups is 1. The number of amides is 1. The van der Waals surface area contributed by atoms with Gasteiger partial charge in [0.05, 0.1) is 24.5 Å². The Morgan fingerprint density at radius 1 is 1.26 bits per heavy atom. The van der Waals surface area contributed by atoms with Crippen LogP contribution in [-0.2, 0) is 24.9 Å². The number of cyclic esters (lactones) is 1. The van der Waals surface area contributed by atoms with Crippen molar-refractivity contribution >= 4 is 17.5 Å². The summed E-state index contributed by atoms with van der Waals surface area (Å²) in [7, 11) is 1.74. The molecule has 5 rings (SSSR count). The summed E-state index contributed by atoms with van der Waals surface area (Å²) in [4.78, 5) is 14.4. The fraction of sp³-hybridized carbons (Fsp3) is 0.333. The van der Waals surface area contributed by atoms with Crippen LogP contribution in [0, 0.1) is 17.5 Å². The molecular weight excluding hydrogens is 421 g/mol. The minimum absolute atomic E-state index is 0.0726. The molecule has 4 heterocycles. The summed E-state index contributed by atoms with van der Waals surface area (Å²) in [6, 6.07) is 0.788. The van der Waals surface area contributed by atoms with Crippen molar-refractivity contribution in [1.82, 2.24) is 20.1 Å². The van der Waals surface area contributed by atoms with Gasteiger partial charge in [0.1, 0.15) is 18.5 Å². The summed E-state index contributed by atoms with van der Waals surface area (Å²) in [5.74, 6) is -3.65. The Kier molecular flexibility index (Phi) is 4.45. The first kappa shape index (κ1) is 19.2. The van der Waals surface area contributed by atoms with E-state index < -0.39 is 41.0 Å². The van der Waals surface area contributed by atoms with Gasteiger partial charge in [0.15, 0.2) is 23.6 Å². The Labute approximate surface area is 172 Å². The summed E-state index contributed by atoms with van der Waals surface area (Å²) in [6.45, 7) is 0.0440. The molecule has 162 valence electrons. The lowest BCUT2D eigenvalue weighted by atomic mass is 10.2. The van der Waals surface area contributed by atoms with E-state index in [0.717, 1.165) is 16.5 Å². The molecule has 1 amide bonds. The molecule has 10 nitrogen and oxygen atoms in total. The molecule has 1 aromatic carbocycles. The predicted octanol–water partition coefficient (Wildman–Crippen LogP) is 2.14. The molecule has 2 aromatic heterocycles. The van der Waals surface area contributed by atoms with E-state index in [0.29, 0.717) is 5.69 Å². The quantitative estimate of drug-likeness (QED) is 0.561. The molecule has 1 fully saturated rings. The molecule has 31 heavy (non-hydrogen) atoms. The second-order valence-corrected chi connectivity index (χ2v) is 7.16. The van der Waals surface area contributed by atoms with Gasteiger partial charge in [0.2, 0.25) is 0 Å². The molecule has 3 aromatic rings. The van der Waals surface area contributed by atoms with Crippen molar-refractivity contribution in [3.8, 4) is 5.88 Å². The van der Waals surface area contributed by atoms with Crippen LogP contribution < -0.4 is 14.5 Å². The second-order valence-electron chi connectivity index (χ2n) is 7.16. The van der Waals surface area contributed by atoms with Crippen molar-refractivity contribution < 1.29 is 32.1 Å². The van der Waals surface area contributed by atoms with Crippen molar-refractivity contribution in [2.24, 2.45) is 7.05 Å². The van der Waals surface area contributed by atoms with Gasteiger partial charge >= 0.3 is 6.09 Å². The van der Waals surface area contributed by atoms with Crippen LogP contribution in [0.5, 0.6) is 5.88 Å². The van der Waals surface area contributed by atoms with E-state index in [1.807, 2.05) is 0 Å². The fourth-order valence-corrected chi connectivity index (χ4v) is 3.71. The normalized spacial score (nSPS) is 17.9. The standard InChI is InChI=1S/C18H15F3N6O4/c1-25-4-9-5-26(7-12(9)23-25)17-11(19)2-13(15(20)16(17)21)27-6-10(30-18(27)28)8-29-14-3-22-31-24-14/h2-4,10H,5-8H2,1H3/t10-/m1/s1. The first-order valence-corrected chi connectivity index (χ1v) is 9.23. The zero-order chi connectivity index (χ0) is 21.7. The Hall–Kier alpha value is -3.77. The van der Waals surface area contributed by atoms with Crippen LogP contribution in [0.1, 0.15) is 11.3 Å². The van der Waals surface area contributed by atoms with Crippen molar-refractivity contribution in [2.75, 3.05) is 23.0 Å². The van der Waals surface area contributed by atoms with Crippen molar-refractivity contribution in [3.63, 3.8) is 0 Å². The highest BCUT2D eigenvalue weighted by Crippen LogP contribution is 2.37. The average molecular weight is 436 g/mol. The SMILES string of the molecule is Cn1cc2c(n1)CN(c1c(F)cc(N3C[C@H](COc4cnon4)OC3=O)c(F)c1F)C2. The summed E-state index contributed by atoms with van der Waals surface area (Å²) >= 11 is 0. The lowest BCUT2D eigenvalue weighted by molar-refractivity contribution is 0.101. The Morgan fingerprint density at radius 3 is 2.84 bits per heavy atom. The maximum atomic E-state index is 14.9. The number of halogens is 3. The van der Waals surface area contributed by atoms with Gasteiger partial charge in [-0.25, -0.2) is 22.6 Å². The maximum absolute atomic E-state index is 14.9. The third-order valence-corrected chi connectivity index (χ3v) is 5.05. The van der Waals surface area contributed by atoms with Crippen LogP contribution in [-0.4, -0.2) is 45.4 Å². The highest BCUT2D eigenvalue weighted by Gasteiger charge is 2.37. The van der Waals surface area contributed by atoms with E-state index in [4.69, 9.17) is 9.47 Å². The smallest absolute Gasteiger partial charge is 0.414 e. The second kappa shape index (κ2) is 7.18. The third kappa shape index (κ3) is 3.31. The Morgan fingerprint density at radius 2 is 2.10 bits per heavy atom. The number of aromatic nitrogens is 4. The zero-order valence-corrected chi connectivity index (χ0v) is 16.1. The molecule has 13 heteroatoms. The number of carbonyl (C=O) groups excluding carboxylic acids is 1. The van der Waals surface area contributed by atoms with E-state index in [1.165, 1.54) is 11.1 Å². The number of anilines is 2. The third-order valence-electron chi connectivity index (χ3n) is 5.05. The van der Waals surface area contributed by atoms with E-state index in [1.54, 1.807) is 17.9 Å². The fourth-order valence-electron chi connectivity index (χ4n) is 3.71. The first-order chi connectivity index (χ1) is 14.9. The predicted molar refractivity (Wildman–Crippen MR) is 96.8 cm³/mol.